The second kappa shape index (κ2) is 5.14. The molecule has 0 aromatic heterocycles. The van der Waals surface area contributed by atoms with Crippen molar-refractivity contribution in [3.8, 4) is 0 Å². The van der Waals surface area contributed by atoms with E-state index in [0.29, 0.717) is 5.41 Å². The number of nitrogens with zero attached hydrogens (tertiary/aromatic N) is 2. The Morgan fingerprint density at radius 1 is 1.20 bits per heavy atom. The van der Waals surface area contributed by atoms with E-state index < -0.39 is 5.54 Å². The minimum atomic E-state index is -0.417. The van der Waals surface area contributed by atoms with E-state index in [4.69, 9.17) is 9.73 Å². The van der Waals surface area contributed by atoms with Gasteiger partial charge in [-0.15, -0.1) is 0 Å². The second-order valence-electron chi connectivity index (χ2n) is 6.71. The Kier molecular flexibility index (Phi) is 3.61. The average Bonchev–Trinajstić information content (AvgIpc) is 2.68. The smallest absolute Gasteiger partial charge is 0.255 e. The van der Waals surface area contributed by atoms with Gasteiger partial charge in [-0.25, -0.2) is 0 Å². The molecule has 112 valence electrons. The van der Waals surface area contributed by atoms with E-state index in [-0.39, 0.29) is 5.91 Å². The Bertz CT molecular complexity index is 416. The zero-order valence-corrected chi connectivity index (χ0v) is 12.8. The summed E-state index contributed by atoms with van der Waals surface area (Å²) < 4.78 is 5.38. The molecule has 1 amide bonds. The van der Waals surface area contributed by atoms with Gasteiger partial charge < -0.3 is 4.74 Å². The monoisotopic (exact) mass is 278 g/mol. The predicted octanol–water partition coefficient (Wildman–Crippen LogP) is 2.77. The Morgan fingerprint density at radius 2 is 1.90 bits per heavy atom. The van der Waals surface area contributed by atoms with Crippen LogP contribution in [0.25, 0.3) is 0 Å². The highest BCUT2D eigenvalue weighted by atomic mass is 16.5. The number of amidine groups is 1. The second-order valence-corrected chi connectivity index (χ2v) is 6.71. The van der Waals surface area contributed by atoms with Gasteiger partial charge in [0, 0.05) is 18.4 Å². The summed E-state index contributed by atoms with van der Waals surface area (Å²) in [6.07, 6.45) is 7.26. The minimum Gasteiger partial charge on any atom is -0.380 e. The zero-order valence-electron chi connectivity index (χ0n) is 12.8. The molecule has 2 aliphatic heterocycles. The van der Waals surface area contributed by atoms with Crippen LogP contribution in [0.5, 0.6) is 0 Å². The highest BCUT2D eigenvalue weighted by Crippen LogP contribution is 2.49. The molecule has 1 saturated carbocycles. The maximum Gasteiger partial charge on any atom is 0.255 e. The lowest BCUT2D eigenvalue weighted by atomic mass is 9.66. The molecule has 0 N–H and O–H groups in total. The summed E-state index contributed by atoms with van der Waals surface area (Å²) >= 11 is 0. The van der Waals surface area contributed by atoms with Crippen molar-refractivity contribution in [2.24, 2.45) is 10.4 Å². The minimum absolute atomic E-state index is 0.265. The van der Waals surface area contributed by atoms with Crippen molar-refractivity contribution in [3.63, 3.8) is 0 Å². The normalized spacial score (nSPS) is 27.0. The average molecular weight is 278 g/mol. The molecule has 2 spiro atoms. The Labute approximate surface area is 121 Å². The summed E-state index contributed by atoms with van der Waals surface area (Å²) in [5, 5.41) is 0. The summed E-state index contributed by atoms with van der Waals surface area (Å²) in [6, 6.07) is 0. The van der Waals surface area contributed by atoms with Gasteiger partial charge in [-0.3, -0.25) is 14.7 Å². The predicted molar refractivity (Wildman–Crippen MR) is 78.8 cm³/mol. The molecule has 3 aliphatic rings. The number of hydrogen-bond acceptors (Lipinski definition) is 3. The number of hydrogen-bond donors (Lipinski definition) is 0. The van der Waals surface area contributed by atoms with Crippen molar-refractivity contribution < 1.29 is 9.53 Å². The number of carbonyl (C=O) groups is 1. The van der Waals surface area contributed by atoms with Crippen LogP contribution in [0.4, 0.5) is 0 Å². The Hall–Kier alpha value is -0.900. The highest BCUT2D eigenvalue weighted by Gasteiger charge is 2.54. The number of rotatable bonds is 4. The van der Waals surface area contributed by atoms with E-state index in [9.17, 15) is 4.79 Å². The van der Waals surface area contributed by atoms with E-state index in [2.05, 4.69) is 13.8 Å². The van der Waals surface area contributed by atoms with Gasteiger partial charge in [0.2, 0.25) is 0 Å². The molecule has 0 bridgehead atoms. The fourth-order valence-corrected chi connectivity index (χ4v) is 3.77. The van der Waals surface area contributed by atoms with Crippen LogP contribution < -0.4 is 0 Å². The molecule has 0 aromatic rings. The van der Waals surface area contributed by atoms with Gasteiger partial charge in [0.25, 0.3) is 5.91 Å². The third-order valence-electron chi connectivity index (χ3n) is 5.32. The lowest BCUT2D eigenvalue weighted by molar-refractivity contribution is -0.149. The molecular weight excluding hydrogens is 252 g/mol. The van der Waals surface area contributed by atoms with Crippen molar-refractivity contribution in [1.29, 1.82) is 0 Å². The summed E-state index contributed by atoms with van der Waals surface area (Å²) in [4.78, 5) is 19.6. The third kappa shape index (κ3) is 2.09. The lowest BCUT2D eigenvalue weighted by Gasteiger charge is -2.48. The van der Waals surface area contributed by atoms with Crippen molar-refractivity contribution in [2.75, 3.05) is 19.8 Å². The fraction of sp³-hybridized carbons (Fsp3) is 0.875. The van der Waals surface area contributed by atoms with E-state index >= 15 is 0 Å². The SMILES string of the molecule is CCCCC1=NC2(CCC3(CC2)COC3)C(=O)N1CC. The molecule has 2 fully saturated rings. The lowest BCUT2D eigenvalue weighted by Crippen LogP contribution is -2.52. The van der Waals surface area contributed by atoms with E-state index in [0.717, 1.165) is 70.5 Å². The first kappa shape index (κ1) is 14.1. The van der Waals surface area contributed by atoms with Crippen LogP contribution in [0.1, 0.15) is 58.8 Å². The summed E-state index contributed by atoms with van der Waals surface area (Å²) in [6.45, 7) is 6.78. The summed E-state index contributed by atoms with van der Waals surface area (Å²) in [7, 11) is 0. The van der Waals surface area contributed by atoms with Crippen molar-refractivity contribution >= 4 is 11.7 Å². The highest BCUT2D eigenvalue weighted by molar-refractivity contribution is 6.08. The van der Waals surface area contributed by atoms with Crippen LogP contribution in [-0.2, 0) is 9.53 Å². The molecular formula is C16H26N2O2. The van der Waals surface area contributed by atoms with Crippen molar-refractivity contribution in [2.45, 2.75) is 64.3 Å². The zero-order chi connectivity index (χ0) is 14.2. The molecule has 20 heavy (non-hydrogen) atoms. The number of aliphatic imine (C=N–C) groups is 1. The number of amides is 1. The van der Waals surface area contributed by atoms with Gasteiger partial charge >= 0.3 is 0 Å². The van der Waals surface area contributed by atoms with Crippen LogP contribution in [0.2, 0.25) is 0 Å². The number of likely N-dealkylation sites (N-methyl/N-ethyl adjacent to an activating group) is 1. The first-order valence-corrected chi connectivity index (χ1v) is 8.13. The van der Waals surface area contributed by atoms with Crippen molar-refractivity contribution in [3.05, 3.63) is 0 Å². The fourth-order valence-electron chi connectivity index (χ4n) is 3.77. The van der Waals surface area contributed by atoms with E-state index in [1.807, 2.05) is 4.90 Å². The Balaban J connectivity index is 1.75. The van der Waals surface area contributed by atoms with Gasteiger partial charge in [0.15, 0.2) is 0 Å². The van der Waals surface area contributed by atoms with Crippen LogP contribution in [0.15, 0.2) is 4.99 Å². The topological polar surface area (TPSA) is 41.9 Å². The molecule has 1 aliphatic carbocycles. The molecule has 0 radical (unpaired) electrons. The number of unbranched alkanes of at least 4 members (excludes halogenated alkanes) is 1. The summed E-state index contributed by atoms with van der Waals surface area (Å²) in [5.74, 6) is 1.31. The molecule has 4 nitrogen and oxygen atoms in total. The molecule has 1 saturated heterocycles. The van der Waals surface area contributed by atoms with Crippen LogP contribution >= 0.6 is 0 Å². The van der Waals surface area contributed by atoms with Gasteiger partial charge in [0.05, 0.1) is 13.2 Å². The van der Waals surface area contributed by atoms with Gasteiger partial charge in [-0.2, -0.15) is 0 Å². The van der Waals surface area contributed by atoms with E-state index in [1.165, 1.54) is 0 Å². The summed E-state index contributed by atoms with van der Waals surface area (Å²) in [5.41, 5.74) is -0.0375. The van der Waals surface area contributed by atoms with Crippen molar-refractivity contribution in [1.82, 2.24) is 4.90 Å². The maximum atomic E-state index is 12.8. The molecule has 0 aromatic carbocycles. The molecule has 0 atom stereocenters. The molecule has 0 unspecified atom stereocenters. The largest absolute Gasteiger partial charge is 0.380 e. The van der Waals surface area contributed by atoms with Gasteiger partial charge in [-0.05, 0) is 39.0 Å². The molecule has 4 heteroatoms. The Morgan fingerprint density at radius 3 is 2.40 bits per heavy atom. The van der Waals surface area contributed by atoms with Crippen LogP contribution in [-0.4, -0.2) is 41.9 Å². The van der Waals surface area contributed by atoms with Gasteiger partial charge in [0.1, 0.15) is 11.4 Å². The third-order valence-corrected chi connectivity index (χ3v) is 5.32. The molecule has 2 heterocycles. The van der Waals surface area contributed by atoms with Crippen LogP contribution in [0, 0.1) is 5.41 Å². The first-order valence-electron chi connectivity index (χ1n) is 8.13. The van der Waals surface area contributed by atoms with E-state index in [1.54, 1.807) is 0 Å². The number of ether oxygens (including phenoxy) is 1. The van der Waals surface area contributed by atoms with Gasteiger partial charge in [-0.1, -0.05) is 13.3 Å². The standard InChI is InChI=1S/C16H26N2O2/c1-3-5-6-13-17-16(14(19)18(13)4-2)9-7-15(8-10-16)11-20-12-15/h3-12H2,1-2H3. The van der Waals surface area contributed by atoms with Crippen LogP contribution in [0.3, 0.4) is 0 Å². The first-order chi connectivity index (χ1) is 9.65. The molecule has 3 rings (SSSR count). The quantitative estimate of drug-likeness (QED) is 0.793. The maximum absolute atomic E-state index is 12.8. The number of carbonyl (C=O) groups excluding carboxylic acids is 1.